The zero-order chi connectivity index (χ0) is 15.2. The van der Waals surface area contributed by atoms with E-state index in [0.717, 1.165) is 49.3 Å². The lowest BCUT2D eigenvalue weighted by Crippen LogP contribution is -2.28. The average molecular weight is 308 g/mol. The number of hydrogen-bond donors (Lipinski definition) is 1. The zero-order valence-electron chi connectivity index (χ0n) is 13.9. The van der Waals surface area contributed by atoms with E-state index in [9.17, 15) is 0 Å². The minimum Gasteiger partial charge on any atom is -0.317 e. The highest BCUT2D eigenvalue weighted by atomic mass is 32.2. The van der Waals surface area contributed by atoms with Crippen LogP contribution in [0.3, 0.4) is 0 Å². The molecule has 118 valence electrons. The molecule has 0 spiro atoms. The minimum absolute atomic E-state index is 0.737. The lowest BCUT2D eigenvalue weighted by atomic mass is 9.86. The lowest BCUT2D eigenvalue weighted by Gasteiger charge is -2.25. The molecule has 0 amide bonds. The third-order valence-corrected chi connectivity index (χ3v) is 5.36. The molecule has 0 radical (unpaired) electrons. The van der Waals surface area contributed by atoms with Gasteiger partial charge in [0, 0.05) is 11.4 Å². The molecule has 1 aromatic heterocycles. The van der Waals surface area contributed by atoms with Crippen LogP contribution in [-0.2, 0) is 18.6 Å². The van der Waals surface area contributed by atoms with Crippen molar-refractivity contribution in [2.75, 3.05) is 18.8 Å². The van der Waals surface area contributed by atoms with E-state index in [-0.39, 0.29) is 0 Å². The smallest absolute Gasteiger partial charge is 0.138 e. The highest BCUT2D eigenvalue weighted by Gasteiger charge is 2.22. The summed E-state index contributed by atoms with van der Waals surface area (Å²) in [4.78, 5) is 9.58. The standard InChI is InChI=1S/C17H29N3S/c1-5-18-9-14-6-7-16-15(8-14)13(4)19-17(20-16)11-21-10-12(2)3/h12,14,18H,5-11H2,1-4H3. The fraction of sp³-hybridized carbons (Fsp3) is 0.765. The third-order valence-electron chi connectivity index (χ3n) is 3.99. The number of nitrogens with one attached hydrogen (secondary N) is 1. The van der Waals surface area contributed by atoms with E-state index in [0.29, 0.717) is 0 Å². The average Bonchev–Trinajstić information content (AvgIpc) is 2.45. The summed E-state index contributed by atoms with van der Waals surface area (Å²) in [5.41, 5.74) is 3.94. The molecule has 1 N–H and O–H groups in total. The number of aromatic nitrogens is 2. The Labute approximate surface area is 133 Å². The maximum Gasteiger partial charge on any atom is 0.138 e. The maximum atomic E-state index is 4.83. The number of nitrogens with zero attached hydrogens (tertiary/aromatic N) is 2. The van der Waals surface area contributed by atoms with Crippen molar-refractivity contribution in [1.29, 1.82) is 0 Å². The Hall–Kier alpha value is -0.610. The molecule has 1 aliphatic rings. The van der Waals surface area contributed by atoms with Crippen LogP contribution in [0.2, 0.25) is 0 Å². The molecule has 0 saturated heterocycles. The number of hydrogen-bond acceptors (Lipinski definition) is 4. The van der Waals surface area contributed by atoms with Crippen LogP contribution in [0, 0.1) is 18.8 Å². The van der Waals surface area contributed by atoms with Gasteiger partial charge in [-0.05, 0) is 62.4 Å². The molecule has 4 heteroatoms. The van der Waals surface area contributed by atoms with Crippen molar-refractivity contribution in [3.05, 3.63) is 22.8 Å². The highest BCUT2D eigenvalue weighted by molar-refractivity contribution is 7.98. The predicted octanol–water partition coefficient (Wildman–Crippen LogP) is 3.39. The van der Waals surface area contributed by atoms with Crippen molar-refractivity contribution >= 4 is 11.8 Å². The van der Waals surface area contributed by atoms with Gasteiger partial charge in [-0.15, -0.1) is 0 Å². The van der Waals surface area contributed by atoms with E-state index in [1.54, 1.807) is 0 Å². The lowest BCUT2D eigenvalue weighted by molar-refractivity contribution is 0.422. The number of aryl methyl sites for hydroxylation is 2. The van der Waals surface area contributed by atoms with E-state index >= 15 is 0 Å². The quantitative estimate of drug-likeness (QED) is 0.838. The molecule has 1 heterocycles. The highest BCUT2D eigenvalue weighted by Crippen LogP contribution is 2.26. The summed E-state index contributed by atoms with van der Waals surface area (Å²) in [6.07, 6.45) is 3.53. The van der Waals surface area contributed by atoms with Gasteiger partial charge in [-0.25, -0.2) is 9.97 Å². The summed E-state index contributed by atoms with van der Waals surface area (Å²) >= 11 is 1.95. The molecule has 3 nitrogen and oxygen atoms in total. The van der Waals surface area contributed by atoms with Gasteiger partial charge in [0.2, 0.25) is 0 Å². The normalized spacial score (nSPS) is 18.0. The molecule has 0 bridgehead atoms. The van der Waals surface area contributed by atoms with Crippen LogP contribution in [0.1, 0.15) is 50.0 Å². The summed E-state index contributed by atoms with van der Waals surface area (Å²) in [5, 5.41) is 3.47. The third kappa shape index (κ3) is 4.96. The molecule has 21 heavy (non-hydrogen) atoms. The molecule has 1 aliphatic carbocycles. The van der Waals surface area contributed by atoms with E-state index in [1.807, 2.05) is 11.8 Å². The molecular weight excluding hydrogens is 278 g/mol. The molecular formula is C17H29N3S. The van der Waals surface area contributed by atoms with Crippen molar-refractivity contribution in [1.82, 2.24) is 15.3 Å². The summed E-state index contributed by atoms with van der Waals surface area (Å²) in [6.45, 7) is 11.0. The molecule has 0 fully saturated rings. The van der Waals surface area contributed by atoms with Crippen molar-refractivity contribution in [3.8, 4) is 0 Å². The van der Waals surface area contributed by atoms with Crippen LogP contribution in [0.25, 0.3) is 0 Å². The fourth-order valence-electron chi connectivity index (χ4n) is 2.90. The van der Waals surface area contributed by atoms with Gasteiger partial charge in [-0.1, -0.05) is 20.8 Å². The van der Waals surface area contributed by atoms with Gasteiger partial charge in [0.05, 0.1) is 5.75 Å². The van der Waals surface area contributed by atoms with E-state index < -0.39 is 0 Å². The molecule has 0 saturated carbocycles. The Morgan fingerprint density at radius 1 is 1.33 bits per heavy atom. The summed E-state index contributed by atoms with van der Waals surface area (Å²) < 4.78 is 0. The van der Waals surface area contributed by atoms with Crippen LogP contribution in [0.15, 0.2) is 0 Å². The molecule has 1 aromatic rings. The summed E-state index contributed by atoms with van der Waals surface area (Å²) in [5.74, 6) is 4.65. The molecule has 1 unspecified atom stereocenters. The number of thioether (sulfide) groups is 1. The molecule has 0 aromatic carbocycles. The first-order valence-electron chi connectivity index (χ1n) is 8.23. The monoisotopic (exact) mass is 307 g/mol. The Bertz CT molecular complexity index is 460. The fourth-order valence-corrected chi connectivity index (χ4v) is 3.80. The van der Waals surface area contributed by atoms with Crippen molar-refractivity contribution in [2.45, 2.75) is 52.7 Å². The van der Waals surface area contributed by atoms with Gasteiger partial charge < -0.3 is 5.32 Å². The Morgan fingerprint density at radius 2 is 2.14 bits per heavy atom. The van der Waals surface area contributed by atoms with Crippen LogP contribution in [-0.4, -0.2) is 28.8 Å². The number of rotatable bonds is 7. The van der Waals surface area contributed by atoms with Crippen molar-refractivity contribution < 1.29 is 0 Å². The van der Waals surface area contributed by atoms with Gasteiger partial charge in [0.1, 0.15) is 5.82 Å². The molecule has 2 rings (SSSR count). The van der Waals surface area contributed by atoms with Crippen molar-refractivity contribution in [3.63, 3.8) is 0 Å². The molecule has 0 aliphatic heterocycles. The van der Waals surface area contributed by atoms with Crippen molar-refractivity contribution in [2.24, 2.45) is 11.8 Å². The topological polar surface area (TPSA) is 37.8 Å². The second-order valence-electron chi connectivity index (χ2n) is 6.48. The van der Waals surface area contributed by atoms with Crippen LogP contribution in [0.5, 0.6) is 0 Å². The van der Waals surface area contributed by atoms with Gasteiger partial charge in [-0.2, -0.15) is 11.8 Å². The Kier molecular flexibility index (Phi) is 6.49. The first-order valence-corrected chi connectivity index (χ1v) is 9.39. The van der Waals surface area contributed by atoms with Crippen LogP contribution in [0.4, 0.5) is 0 Å². The second-order valence-corrected chi connectivity index (χ2v) is 7.51. The predicted molar refractivity (Wildman–Crippen MR) is 91.8 cm³/mol. The Balaban J connectivity index is 2.00. The summed E-state index contributed by atoms with van der Waals surface area (Å²) in [6, 6.07) is 0. The van der Waals surface area contributed by atoms with Gasteiger partial charge in [0.15, 0.2) is 0 Å². The van der Waals surface area contributed by atoms with Gasteiger partial charge >= 0.3 is 0 Å². The maximum absolute atomic E-state index is 4.83. The van der Waals surface area contributed by atoms with E-state index in [1.165, 1.54) is 29.1 Å². The molecule has 1 atom stereocenters. The SMILES string of the molecule is CCNCC1CCc2nc(CSCC(C)C)nc(C)c2C1. The first kappa shape index (κ1) is 16.8. The minimum atomic E-state index is 0.737. The van der Waals surface area contributed by atoms with E-state index in [4.69, 9.17) is 9.97 Å². The van der Waals surface area contributed by atoms with Gasteiger partial charge in [-0.3, -0.25) is 0 Å². The Morgan fingerprint density at radius 3 is 2.86 bits per heavy atom. The van der Waals surface area contributed by atoms with Crippen LogP contribution >= 0.6 is 11.8 Å². The van der Waals surface area contributed by atoms with Gasteiger partial charge in [0.25, 0.3) is 0 Å². The number of fused-ring (bicyclic) bond motifs is 1. The first-order chi connectivity index (χ1) is 10.1. The summed E-state index contributed by atoms with van der Waals surface area (Å²) in [7, 11) is 0. The van der Waals surface area contributed by atoms with E-state index in [2.05, 4.69) is 33.0 Å². The van der Waals surface area contributed by atoms with Crippen LogP contribution < -0.4 is 5.32 Å². The second kappa shape index (κ2) is 8.14. The largest absolute Gasteiger partial charge is 0.317 e. The zero-order valence-corrected chi connectivity index (χ0v) is 14.7.